The molecule has 2 saturated heterocycles. The van der Waals surface area contributed by atoms with Crippen LogP contribution in [0.15, 0.2) is 23.1 Å². The topological polar surface area (TPSA) is 83.8 Å². The third kappa shape index (κ3) is 3.18. The lowest BCUT2D eigenvalue weighted by Gasteiger charge is -2.43. The monoisotopic (exact) mass is 353 g/mol. The first kappa shape index (κ1) is 17.3. The Bertz CT molecular complexity index is 735. The summed E-state index contributed by atoms with van der Waals surface area (Å²) in [5, 5.41) is 11.0. The molecule has 0 spiro atoms. The summed E-state index contributed by atoms with van der Waals surface area (Å²) in [6, 6.07) is 4.41. The quantitative estimate of drug-likeness (QED) is 0.611. The minimum absolute atomic E-state index is 0.0865. The third-order valence-corrected chi connectivity index (χ3v) is 7.01. The van der Waals surface area contributed by atoms with Gasteiger partial charge < -0.3 is 0 Å². The Morgan fingerprint density at radius 3 is 2.75 bits per heavy atom. The molecule has 1 aromatic carbocycles. The molecule has 1 atom stereocenters. The van der Waals surface area contributed by atoms with Gasteiger partial charge in [0.1, 0.15) is 0 Å². The minimum Gasteiger partial charge on any atom is -0.298 e. The summed E-state index contributed by atoms with van der Waals surface area (Å²) in [6.45, 7) is 4.56. The van der Waals surface area contributed by atoms with E-state index in [0.717, 1.165) is 25.9 Å². The molecule has 0 bridgehead atoms. The lowest BCUT2D eigenvalue weighted by Crippen LogP contribution is -2.56. The van der Waals surface area contributed by atoms with Gasteiger partial charge >= 0.3 is 0 Å². The van der Waals surface area contributed by atoms with E-state index in [1.165, 1.54) is 22.9 Å². The number of aryl methyl sites for hydroxylation is 1. The number of fused-ring (bicyclic) bond motifs is 1. The van der Waals surface area contributed by atoms with E-state index in [0.29, 0.717) is 25.1 Å². The van der Waals surface area contributed by atoms with Gasteiger partial charge in [0.15, 0.2) is 0 Å². The number of sulfonamides is 1. The van der Waals surface area contributed by atoms with Crippen molar-refractivity contribution < 1.29 is 13.3 Å². The van der Waals surface area contributed by atoms with Gasteiger partial charge in [-0.2, -0.15) is 4.31 Å². The van der Waals surface area contributed by atoms with E-state index in [9.17, 15) is 18.5 Å². The zero-order chi connectivity index (χ0) is 17.3. The maximum atomic E-state index is 13.1. The molecule has 0 aliphatic carbocycles. The van der Waals surface area contributed by atoms with Gasteiger partial charge in [-0.1, -0.05) is 19.4 Å². The van der Waals surface area contributed by atoms with Crippen molar-refractivity contribution in [3.05, 3.63) is 33.9 Å². The molecule has 1 unspecified atom stereocenters. The first-order chi connectivity index (χ1) is 11.4. The van der Waals surface area contributed by atoms with Gasteiger partial charge in [0.05, 0.1) is 9.82 Å². The molecular weight excluding hydrogens is 330 g/mol. The maximum absolute atomic E-state index is 13.1. The van der Waals surface area contributed by atoms with Crippen molar-refractivity contribution >= 4 is 15.7 Å². The molecule has 2 aliphatic rings. The normalized spacial score (nSPS) is 23.0. The van der Waals surface area contributed by atoms with Crippen LogP contribution in [0.5, 0.6) is 0 Å². The Kier molecular flexibility index (Phi) is 4.89. The van der Waals surface area contributed by atoms with Crippen molar-refractivity contribution in [3.8, 4) is 0 Å². The minimum atomic E-state index is -3.71. The second-order valence-electron chi connectivity index (χ2n) is 6.45. The van der Waals surface area contributed by atoms with Gasteiger partial charge in [-0.15, -0.1) is 0 Å². The highest BCUT2D eigenvalue weighted by Gasteiger charge is 2.36. The number of nitro benzene ring substituents is 1. The van der Waals surface area contributed by atoms with Crippen LogP contribution in [0.4, 0.5) is 5.69 Å². The van der Waals surface area contributed by atoms with E-state index in [-0.39, 0.29) is 16.6 Å². The van der Waals surface area contributed by atoms with Crippen molar-refractivity contribution in [2.45, 2.75) is 43.5 Å². The molecule has 0 N–H and O–H groups in total. The predicted molar refractivity (Wildman–Crippen MR) is 90.4 cm³/mol. The standard InChI is InChI=1S/C16H23N3O4S/c1-2-13-6-7-14(19(20)21)11-16(13)24(22,23)18-10-9-17-8-4-3-5-15(17)12-18/h6-7,11,15H,2-5,8-10,12H2,1H3. The Hall–Kier alpha value is -1.51. The lowest BCUT2D eigenvalue weighted by atomic mass is 10.0. The number of nitrogens with zero attached hydrogens (tertiary/aromatic N) is 3. The van der Waals surface area contributed by atoms with Crippen molar-refractivity contribution in [1.82, 2.24) is 9.21 Å². The van der Waals surface area contributed by atoms with Crippen LogP contribution in [0, 0.1) is 10.1 Å². The number of piperazine rings is 1. The summed E-state index contributed by atoms with van der Waals surface area (Å²) < 4.78 is 27.7. The van der Waals surface area contributed by atoms with Crippen LogP contribution in [-0.2, 0) is 16.4 Å². The van der Waals surface area contributed by atoms with Crippen LogP contribution >= 0.6 is 0 Å². The number of benzene rings is 1. The van der Waals surface area contributed by atoms with Gasteiger partial charge in [-0.25, -0.2) is 8.42 Å². The third-order valence-electron chi connectivity index (χ3n) is 5.06. The van der Waals surface area contributed by atoms with Crippen LogP contribution in [0.1, 0.15) is 31.7 Å². The summed E-state index contributed by atoms with van der Waals surface area (Å²) in [7, 11) is -3.71. The molecule has 0 saturated carbocycles. The largest absolute Gasteiger partial charge is 0.298 e. The summed E-state index contributed by atoms with van der Waals surface area (Å²) >= 11 is 0. The van der Waals surface area contributed by atoms with Gasteiger partial charge in [-0.05, 0) is 31.4 Å². The van der Waals surface area contributed by atoms with Crippen molar-refractivity contribution in [3.63, 3.8) is 0 Å². The van der Waals surface area contributed by atoms with E-state index in [2.05, 4.69) is 4.90 Å². The molecule has 1 aromatic rings. The molecule has 3 rings (SSSR count). The second-order valence-corrected chi connectivity index (χ2v) is 8.36. The Labute approximate surface area is 142 Å². The zero-order valence-electron chi connectivity index (χ0n) is 13.8. The molecule has 0 radical (unpaired) electrons. The number of hydrogen-bond donors (Lipinski definition) is 0. The molecule has 0 amide bonds. The fourth-order valence-electron chi connectivity index (χ4n) is 3.67. The van der Waals surface area contributed by atoms with Crippen molar-refractivity contribution in [2.75, 3.05) is 26.2 Å². The molecular formula is C16H23N3O4S. The summed E-state index contributed by atoms with van der Waals surface area (Å²) in [5.74, 6) is 0. The van der Waals surface area contributed by atoms with Crippen LogP contribution < -0.4 is 0 Å². The van der Waals surface area contributed by atoms with Gasteiger partial charge in [-0.3, -0.25) is 15.0 Å². The summed E-state index contributed by atoms with van der Waals surface area (Å²) in [6.07, 6.45) is 3.84. The molecule has 2 fully saturated rings. The molecule has 8 heteroatoms. The molecule has 132 valence electrons. The number of rotatable bonds is 4. The fraction of sp³-hybridized carbons (Fsp3) is 0.625. The number of nitro groups is 1. The second kappa shape index (κ2) is 6.78. The van der Waals surface area contributed by atoms with E-state index in [1.54, 1.807) is 6.07 Å². The smallest absolute Gasteiger partial charge is 0.270 e. The van der Waals surface area contributed by atoms with Gasteiger partial charge in [0.25, 0.3) is 5.69 Å². The van der Waals surface area contributed by atoms with Crippen LogP contribution in [0.3, 0.4) is 0 Å². The molecule has 2 heterocycles. The maximum Gasteiger partial charge on any atom is 0.270 e. The Morgan fingerprint density at radius 2 is 2.04 bits per heavy atom. The Morgan fingerprint density at radius 1 is 1.25 bits per heavy atom. The van der Waals surface area contributed by atoms with Crippen LogP contribution in [0.2, 0.25) is 0 Å². The number of piperidine rings is 1. The highest BCUT2D eigenvalue weighted by molar-refractivity contribution is 7.89. The molecule has 24 heavy (non-hydrogen) atoms. The first-order valence-corrected chi connectivity index (χ1v) is 9.89. The lowest BCUT2D eigenvalue weighted by molar-refractivity contribution is -0.385. The number of non-ortho nitro benzene ring substituents is 1. The van der Waals surface area contributed by atoms with E-state index in [4.69, 9.17) is 0 Å². The first-order valence-electron chi connectivity index (χ1n) is 8.45. The summed E-state index contributed by atoms with van der Waals surface area (Å²) in [4.78, 5) is 12.9. The molecule has 7 nitrogen and oxygen atoms in total. The molecule has 0 aromatic heterocycles. The number of hydrogen-bond acceptors (Lipinski definition) is 5. The van der Waals surface area contributed by atoms with Gasteiger partial charge in [0, 0.05) is 37.8 Å². The van der Waals surface area contributed by atoms with Crippen LogP contribution in [0.25, 0.3) is 0 Å². The fourth-order valence-corrected chi connectivity index (χ4v) is 5.46. The average molecular weight is 353 g/mol. The zero-order valence-corrected chi connectivity index (χ0v) is 14.7. The molecule has 2 aliphatic heterocycles. The highest BCUT2D eigenvalue weighted by atomic mass is 32.2. The van der Waals surface area contributed by atoms with Crippen molar-refractivity contribution in [2.24, 2.45) is 0 Å². The van der Waals surface area contributed by atoms with E-state index >= 15 is 0 Å². The summed E-state index contributed by atoms with van der Waals surface area (Å²) in [5.41, 5.74) is 0.453. The van der Waals surface area contributed by atoms with Crippen LogP contribution in [-0.4, -0.2) is 54.8 Å². The highest BCUT2D eigenvalue weighted by Crippen LogP contribution is 2.29. The van der Waals surface area contributed by atoms with Crippen molar-refractivity contribution in [1.29, 1.82) is 0 Å². The average Bonchev–Trinajstić information content (AvgIpc) is 2.60. The van der Waals surface area contributed by atoms with E-state index in [1.807, 2.05) is 6.92 Å². The predicted octanol–water partition coefficient (Wildman–Crippen LogP) is 2.02. The Balaban J connectivity index is 1.92. The van der Waals surface area contributed by atoms with E-state index < -0.39 is 14.9 Å². The SMILES string of the molecule is CCc1ccc([N+](=O)[O-])cc1S(=O)(=O)N1CCN2CCCCC2C1. The van der Waals surface area contributed by atoms with Gasteiger partial charge in [0.2, 0.25) is 10.0 Å².